The van der Waals surface area contributed by atoms with E-state index in [0.29, 0.717) is 16.3 Å². The van der Waals surface area contributed by atoms with Crippen molar-refractivity contribution in [3.63, 3.8) is 0 Å². The molecule has 130 valence electrons. The monoisotopic (exact) mass is 400 g/mol. The highest BCUT2D eigenvalue weighted by atomic mass is 35.5. The zero-order valence-electron chi connectivity index (χ0n) is 12.8. The first-order valence-corrected chi connectivity index (χ1v) is 9.08. The molecule has 0 spiro atoms. The van der Waals surface area contributed by atoms with Crippen molar-refractivity contribution in [1.29, 1.82) is 0 Å². The van der Waals surface area contributed by atoms with E-state index in [2.05, 4.69) is 15.0 Å². The maximum atomic E-state index is 12.5. The average Bonchev–Trinajstić information content (AvgIpc) is 3.18. The third-order valence-electron chi connectivity index (χ3n) is 3.14. The van der Waals surface area contributed by atoms with Crippen LogP contribution in [0.3, 0.4) is 0 Å². The van der Waals surface area contributed by atoms with E-state index in [-0.39, 0.29) is 16.7 Å². The molecule has 25 heavy (non-hydrogen) atoms. The first-order valence-electron chi connectivity index (χ1n) is 7.01. The molecule has 0 aliphatic carbocycles. The van der Waals surface area contributed by atoms with Gasteiger partial charge in [-0.15, -0.1) is 22.7 Å². The number of nitrogens with one attached hydrogen (secondary N) is 1. The normalized spacial score (nSPS) is 10.9. The number of carbonyl (C=O) groups is 1. The number of carbonyl (C=O) groups excluding carboxylic acids is 1. The Morgan fingerprint density at radius 1 is 1.36 bits per heavy atom. The molecule has 0 fully saturated rings. The van der Waals surface area contributed by atoms with Crippen LogP contribution in [0.25, 0.3) is 9.88 Å². The average molecular weight is 401 g/mol. The van der Waals surface area contributed by atoms with E-state index in [4.69, 9.17) is 11.6 Å². The summed E-state index contributed by atoms with van der Waals surface area (Å²) in [5.41, 5.74) is 0.997. The number of anilines is 1. The van der Waals surface area contributed by atoms with Gasteiger partial charge >= 0.3 is 6.61 Å². The van der Waals surface area contributed by atoms with Gasteiger partial charge in [-0.3, -0.25) is 4.79 Å². The summed E-state index contributed by atoms with van der Waals surface area (Å²) < 4.78 is 28.7. The highest BCUT2D eigenvalue weighted by Gasteiger charge is 2.17. The molecule has 1 aromatic carbocycles. The largest absolute Gasteiger partial charge is 0.433 e. The van der Waals surface area contributed by atoms with Crippen LogP contribution in [0.4, 0.5) is 14.5 Å². The number of amides is 1. The van der Waals surface area contributed by atoms with Crippen LogP contribution in [0.1, 0.15) is 15.4 Å². The van der Waals surface area contributed by atoms with E-state index in [1.807, 2.05) is 17.5 Å². The van der Waals surface area contributed by atoms with Gasteiger partial charge in [0.1, 0.15) is 15.6 Å². The van der Waals surface area contributed by atoms with Crippen molar-refractivity contribution in [2.75, 3.05) is 5.32 Å². The van der Waals surface area contributed by atoms with Crippen molar-refractivity contribution in [3.05, 3.63) is 51.3 Å². The van der Waals surface area contributed by atoms with Gasteiger partial charge < -0.3 is 10.1 Å². The topological polar surface area (TPSA) is 51.2 Å². The van der Waals surface area contributed by atoms with E-state index in [9.17, 15) is 13.6 Å². The highest BCUT2D eigenvalue weighted by Crippen LogP contribution is 2.32. The number of aromatic nitrogens is 1. The zero-order chi connectivity index (χ0) is 18.0. The second-order valence-electron chi connectivity index (χ2n) is 4.89. The quantitative estimate of drug-likeness (QED) is 0.598. The molecule has 1 amide bonds. The molecule has 1 N–H and O–H groups in total. The van der Waals surface area contributed by atoms with Gasteiger partial charge in [0.05, 0.1) is 15.6 Å². The molecule has 0 radical (unpaired) electrons. The SMILES string of the molecule is Cc1nc(-c2cccs2)sc1C(=O)Nc1ccc(OC(F)F)c(Cl)c1. The highest BCUT2D eigenvalue weighted by molar-refractivity contribution is 7.22. The Hall–Kier alpha value is -2.03. The predicted molar refractivity (Wildman–Crippen MR) is 96.2 cm³/mol. The lowest BCUT2D eigenvalue weighted by Crippen LogP contribution is -2.11. The summed E-state index contributed by atoms with van der Waals surface area (Å²) in [6.45, 7) is -1.21. The van der Waals surface area contributed by atoms with Crippen molar-refractivity contribution in [3.8, 4) is 15.6 Å². The van der Waals surface area contributed by atoms with Gasteiger partial charge in [-0.25, -0.2) is 4.98 Å². The van der Waals surface area contributed by atoms with Gasteiger partial charge in [0.25, 0.3) is 5.91 Å². The number of alkyl halides is 2. The molecule has 2 heterocycles. The fraction of sp³-hybridized carbons (Fsp3) is 0.125. The molecule has 0 bridgehead atoms. The van der Waals surface area contributed by atoms with E-state index in [1.165, 1.54) is 29.5 Å². The maximum absolute atomic E-state index is 12.5. The number of rotatable bonds is 5. The Morgan fingerprint density at radius 3 is 2.80 bits per heavy atom. The second-order valence-corrected chi connectivity index (χ2v) is 7.24. The first-order chi connectivity index (χ1) is 11.9. The standard InChI is InChI=1S/C16H11ClF2N2O2S2/c1-8-13(25-15(20-8)12-3-2-6-24-12)14(22)21-9-4-5-11(10(17)7-9)23-16(18)19/h2-7,16H,1H3,(H,21,22). The minimum atomic E-state index is -2.96. The summed E-state index contributed by atoms with van der Waals surface area (Å²) in [5.74, 6) is -0.486. The molecule has 0 saturated heterocycles. The van der Waals surface area contributed by atoms with Crippen LogP contribution in [0, 0.1) is 6.92 Å². The Labute approximate surface area is 155 Å². The first kappa shape index (κ1) is 17.8. The minimum absolute atomic E-state index is 0.0154. The fourth-order valence-electron chi connectivity index (χ4n) is 2.07. The molecule has 4 nitrogen and oxygen atoms in total. The molecule has 3 rings (SSSR count). The summed E-state index contributed by atoms with van der Waals surface area (Å²) in [5, 5.41) is 5.39. The van der Waals surface area contributed by atoms with Crippen molar-refractivity contribution in [2.45, 2.75) is 13.5 Å². The van der Waals surface area contributed by atoms with E-state index in [1.54, 1.807) is 18.3 Å². The molecule has 2 aromatic heterocycles. The second kappa shape index (κ2) is 7.47. The molecular formula is C16H11ClF2N2O2S2. The van der Waals surface area contributed by atoms with Crippen LogP contribution in [0.2, 0.25) is 5.02 Å². The molecule has 0 aliphatic heterocycles. The van der Waals surface area contributed by atoms with Gasteiger partial charge in [0.15, 0.2) is 0 Å². The Morgan fingerprint density at radius 2 is 2.16 bits per heavy atom. The molecule has 0 saturated carbocycles. The molecular weight excluding hydrogens is 390 g/mol. The molecule has 0 aliphatic rings. The predicted octanol–water partition coefficient (Wildman–Crippen LogP) is 5.69. The van der Waals surface area contributed by atoms with Crippen LogP contribution in [0.5, 0.6) is 5.75 Å². The van der Waals surface area contributed by atoms with Crippen LogP contribution in [0.15, 0.2) is 35.7 Å². The zero-order valence-corrected chi connectivity index (χ0v) is 15.1. The molecule has 0 unspecified atom stereocenters. The van der Waals surface area contributed by atoms with Crippen molar-refractivity contribution < 1.29 is 18.3 Å². The Balaban J connectivity index is 1.77. The smallest absolute Gasteiger partial charge is 0.387 e. The van der Waals surface area contributed by atoms with Crippen LogP contribution < -0.4 is 10.1 Å². The molecule has 9 heteroatoms. The summed E-state index contributed by atoms with van der Waals surface area (Å²) >= 11 is 8.72. The van der Waals surface area contributed by atoms with Gasteiger partial charge in [-0.2, -0.15) is 8.78 Å². The molecule has 0 atom stereocenters. The van der Waals surface area contributed by atoms with Crippen LogP contribution in [-0.2, 0) is 0 Å². The van der Waals surface area contributed by atoms with Crippen molar-refractivity contribution in [2.24, 2.45) is 0 Å². The number of thiazole rings is 1. The third kappa shape index (κ3) is 4.15. The molecule has 3 aromatic rings. The number of hydrogen-bond donors (Lipinski definition) is 1. The summed E-state index contributed by atoms with van der Waals surface area (Å²) in [6, 6.07) is 7.93. The van der Waals surface area contributed by atoms with E-state index < -0.39 is 6.61 Å². The fourth-order valence-corrected chi connectivity index (χ4v) is 4.05. The van der Waals surface area contributed by atoms with Crippen LogP contribution >= 0.6 is 34.3 Å². The lowest BCUT2D eigenvalue weighted by atomic mass is 10.3. The Kier molecular flexibility index (Phi) is 5.31. The number of benzene rings is 1. The van der Waals surface area contributed by atoms with Crippen molar-refractivity contribution >= 4 is 45.9 Å². The van der Waals surface area contributed by atoms with Gasteiger partial charge in [-0.05, 0) is 36.6 Å². The summed E-state index contributed by atoms with van der Waals surface area (Å²) in [6.07, 6.45) is 0. The number of nitrogens with zero attached hydrogens (tertiary/aromatic N) is 1. The van der Waals surface area contributed by atoms with E-state index in [0.717, 1.165) is 9.88 Å². The number of halogens is 3. The Bertz CT molecular complexity index is 898. The maximum Gasteiger partial charge on any atom is 0.387 e. The number of ether oxygens (including phenoxy) is 1. The third-order valence-corrected chi connectivity index (χ3v) is 5.63. The number of aryl methyl sites for hydroxylation is 1. The van der Waals surface area contributed by atoms with Gasteiger partial charge in [-0.1, -0.05) is 17.7 Å². The van der Waals surface area contributed by atoms with Gasteiger partial charge in [0.2, 0.25) is 0 Å². The van der Waals surface area contributed by atoms with Crippen LogP contribution in [-0.4, -0.2) is 17.5 Å². The van der Waals surface area contributed by atoms with Crippen molar-refractivity contribution in [1.82, 2.24) is 4.98 Å². The minimum Gasteiger partial charge on any atom is -0.433 e. The lowest BCUT2D eigenvalue weighted by Gasteiger charge is -2.09. The number of hydrogen-bond acceptors (Lipinski definition) is 5. The summed E-state index contributed by atoms with van der Waals surface area (Å²) in [4.78, 5) is 18.3. The number of thiophene rings is 1. The van der Waals surface area contributed by atoms with E-state index >= 15 is 0 Å². The van der Waals surface area contributed by atoms with Gasteiger partial charge in [0, 0.05) is 5.69 Å². The lowest BCUT2D eigenvalue weighted by molar-refractivity contribution is -0.0497. The summed E-state index contributed by atoms with van der Waals surface area (Å²) in [7, 11) is 0.